The van der Waals surface area contributed by atoms with Gasteiger partial charge in [0.05, 0.1) is 0 Å². The van der Waals surface area contributed by atoms with Crippen LogP contribution in [-0.2, 0) is 11.3 Å². The first-order chi connectivity index (χ1) is 15.7. The van der Waals surface area contributed by atoms with Crippen molar-refractivity contribution in [3.63, 3.8) is 0 Å². The van der Waals surface area contributed by atoms with E-state index in [-0.39, 0.29) is 0 Å². The first-order valence-corrected chi connectivity index (χ1v) is 12.2. The Bertz CT molecular complexity index is 831. The Labute approximate surface area is 193 Å². The Morgan fingerprint density at radius 1 is 0.969 bits per heavy atom. The lowest BCUT2D eigenvalue weighted by molar-refractivity contribution is 0.0252. The predicted molar refractivity (Wildman–Crippen MR) is 132 cm³/mol. The lowest BCUT2D eigenvalue weighted by Crippen LogP contribution is -2.49. The van der Waals surface area contributed by atoms with E-state index in [0.717, 1.165) is 31.5 Å². The molecular weight excluding hydrogens is 396 g/mol. The number of hydrogen-bond donors (Lipinski definition) is 0. The number of ether oxygens (including phenoxy) is 2. The summed E-state index contributed by atoms with van der Waals surface area (Å²) in [5.74, 6) is 0.925. The first-order valence-electron chi connectivity index (χ1n) is 12.2. The molecule has 4 heteroatoms. The second kappa shape index (κ2) is 11.5. The molecule has 0 unspecified atom stereocenters. The molecule has 0 bridgehead atoms. The van der Waals surface area contributed by atoms with E-state index in [4.69, 9.17) is 9.47 Å². The third-order valence-electron chi connectivity index (χ3n) is 6.76. The Balaban J connectivity index is 1.38. The highest BCUT2D eigenvalue weighted by molar-refractivity contribution is 5.51. The molecule has 0 radical (unpaired) electrons. The molecule has 2 fully saturated rings. The van der Waals surface area contributed by atoms with Gasteiger partial charge in [0.2, 0.25) is 0 Å². The molecule has 0 saturated carbocycles. The molecule has 2 aliphatic heterocycles. The summed E-state index contributed by atoms with van der Waals surface area (Å²) < 4.78 is 11.6. The van der Waals surface area contributed by atoms with E-state index in [1.165, 1.54) is 55.6 Å². The summed E-state index contributed by atoms with van der Waals surface area (Å²) in [6, 6.07) is 20.3. The van der Waals surface area contributed by atoms with Gasteiger partial charge in [-0.05, 0) is 69.4 Å². The number of hydrogen-bond acceptors (Lipinski definition) is 4. The number of anilines is 1. The zero-order chi connectivity index (χ0) is 22.2. The molecule has 2 aliphatic rings. The quantitative estimate of drug-likeness (QED) is 0.499. The van der Waals surface area contributed by atoms with E-state index in [9.17, 15) is 0 Å². The maximum Gasteiger partial charge on any atom is 0.119 e. The summed E-state index contributed by atoms with van der Waals surface area (Å²) in [6.07, 6.45) is 7.18. The average molecular weight is 435 g/mol. The summed E-state index contributed by atoms with van der Waals surface area (Å²) in [5, 5.41) is 0. The minimum absolute atomic E-state index is 0.581. The summed E-state index contributed by atoms with van der Waals surface area (Å²) in [5.41, 5.74) is 3.86. The van der Waals surface area contributed by atoms with Crippen LogP contribution in [0.5, 0.6) is 5.75 Å². The molecule has 2 heterocycles. The van der Waals surface area contributed by atoms with E-state index in [0.29, 0.717) is 12.6 Å². The van der Waals surface area contributed by atoms with E-state index in [1.807, 2.05) is 6.07 Å². The summed E-state index contributed by atoms with van der Waals surface area (Å²) in [6.45, 7) is 10.2. The first kappa shape index (κ1) is 22.9. The molecule has 0 N–H and O–H groups in total. The van der Waals surface area contributed by atoms with Crippen molar-refractivity contribution >= 4 is 5.69 Å². The molecular formula is C28H38N2O2. The Hall–Kier alpha value is -2.30. The molecule has 0 amide bonds. The van der Waals surface area contributed by atoms with Crippen molar-refractivity contribution in [1.29, 1.82) is 0 Å². The fourth-order valence-corrected chi connectivity index (χ4v) is 4.83. The molecule has 0 aromatic heterocycles. The fourth-order valence-electron chi connectivity index (χ4n) is 4.83. The van der Waals surface area contributed by atoms with Crippen molar-refractivity contribution in [3.05, 3.63) is 71.8 Å². The van der Waals surface area contributed by atoms with Crippen LogP contribution in [0, 0.1) is 0 Å². The Morgan fingerprint density at radius 3 is 2.31 bits per heavy atom. The van der Waals surface area contributed by atoms with E-state index in [2.05, 4.69) is 78.3 Å². The van der Waals surface area contributed by atoms with Crippen LogP contribution < -0.4 is 9.64 Å². The zero-order valence-corrected chi connectivity index (χ0v) is 19.7. The van der Waals surface area contributed by atoms with E-state index in [1.54, 1.807) is 0 Å². The maximum absolute atomic E-state index is 6.00. The monoisotopic (exact) mass is 434 g/mol. The third kappa shape index (κ3) is 6.36. The number of rotatable bonds is 8. The van der Waals surface area contributed by atoms with Gasteiger partial charge < -0.3 is 19.3 Å². The van der Waals surface area contributed by atoms with Crippen molar-refractivity contribution < 1.29 is 9.47 Å². The van der Waals surface area contributed by atoms with Crippen LogP contribution in [0.4, 0.5) is 5.69 Å². The fraction of sp³-hybridized carbons (Fsp3) is 0.500. The van der Waals surface area contributed by atoms with Gasteiger partial charge in [-0.25, -0.2) is 0 Å². The van der Waals surface area contributed by atoms with Crippen LogP contribution in [0.15, 0.2) is 66.2 Å². The maximum atomic E-state index is 6.00. The molecule has 2 aromatic rings. The standard InChI is InChI=1S/C28H38N2O2/c1-23(2)12-19-30(27-13-17-29(18-14-27)25-15-20-31-21-16-25)26-8-10-28(11-9-26)32-22-24-6-4-3-5-7-24/h3-12,25,27H,13-22H2,1-2H3. The molecule has 0 spiro atoms. The van der Waals surface area contributed by atoms with Gasteiger partial charge in [-0.1, -0.05) is 42.0 Å². The molecule has 0 aliphatic carbocycles. The molecule has 2 saturated heterocycles. The second-order valence-electron chi connectivity index (χ2n) is 9.31. The number of benzene rings is 2. The van der Waals surface area contributed by atoms with Gasteiger partial charge in [-0.2, -0.15) is 0 Å². The van der Waals surface area contributed by atoms with Gasteiger partial charge >= 0.3 is 0 Å². The normalized spacial score (nSPS) is 18.3. The van der Waals surface area contributed by atoms with Crippen LogP contribution in [0.1, 0.15) is 45.1 Å². The van der Waals surface area contributed by atoms with Crippen LogP contribution in [0.25, 0.3) is 0 Å². The average Bonchev–Trinajstić information content (AvgIpc) is 2.85. The highest BCUT2D eigenvalue weighted by atomic mass is 16.5. The minimum atomic E-state index is 0.581. The molecule has 4 nitrogen and oxygen atoms in total. The van der Waals surface area contributed by atoms with Gasteiger partial charge in [0.1, 0.15) is 12.4 Å². The molecule has 2 aromatic carbocycles. The highest BCUT2D eigenvalue weighted by Gasteiger charge is 2.29. The van der Waals surface area contributed by atoms with Crippen LogP contribution in [0.2, 0.25) is 0 Å². The molecule has 0 atom stereocenters. The minimum Gasteiger partial charge on any atom is -0.489 e. The van der Waals surface area contributed by atoms with Gasteiger partial charge in [-0.3, -0.25) is 0 Å². The van der Waals surface area contributed by atoms with Gasteiger partial charge in [-0.15, -0.1) is 0 Å². The van der Waals surface area contributed by atoms with Crippen molar-refractivity contribution in [2.24, 2.45) is 0 Å². The van der Waals surface area contributed by atoms with Gasteiger partial charge in [0.25, 0.3) is 0 Å². The topological polar surface area (TPSA) is 24.9 Å². The van der Waals surface area contributed by atoms with Crippen molar-refractivity contribution in [2.45, 2.75) is 58.2 Å². The molecule has 172 valence electrons. The Morgan fingerprint density at radius 2 is 1.66 bits per heavy atom. The van der Waals surface area contributed by atoms with Crippen LogP contribution >= 0.6 is 0 Å². The summed E-state index contributed by atoms with van der Waals surface area (Å²) in [4.78, 5) is 5.30. The SMILES string of the molecule is CC(C)=CCN(c1ccc(OCc2ccccc2)cc1)C1CCN(C2CCOCC2)CC1. The smallest absolute Gasteiger partial charge is 0.119 e. The molecule has 4 rings (SSSR count). The second-order valence-corrected chi connectivity index (χ2v) is 9.31. The van der Waals surface area contributed by atoms with E-state index >= 15 is 0 Å². The van der Waals surface area contributed by atoms with Crippen LogP contribution in [0.3, 0.4) is 0 Å². The summed E-state index contributed by atoms with van der Waals surface area (Å²) in [7, 11) is 0. The van der Waals surface area contributed by atoms with Crippen molar-refractivity contribution in [1.82, 2.24) is 4.90 Å². The van der Waals surface area contributed by atoms with E-state index < -0.39 is 0 Å². The number of piperidine rings is 1. The highest BCUT2D eigenvalue weighted by Crippen LogP contribution is 2.28. The number of nitrogens with zero attached hydrogens (tertiary/aromatic N) is 2. The van der Waals surface area contributed by atoms with Gasteiger partial charge in [0, 0.05) is 50.6 Å². The number of allylic oxidation sites excluding steroid dienone is 1. The van der Waals surface area contributed by atoms with Gasteiger partial charge in [0.15, 0.2) is 0 Å². The number of likely N-dealkylation sites (tertiary alicyclic amines) is 1. The lowest BCUT2D eigenvalue weighted by atomic mass is 9.98. The Kier molecular flexibility index (Phi) is 8.24. The van der Waals surface area contributed by atoms with Crippen molar-refractivity contribution in [2.75, 3.05) is 37.7 Å². The lowest BCUT2D eigenvalue weighted by Gasteiger charge is -2.43. The zero-order valence-electron chi connectivity index (χ0n) is 19.7. The third-order valence-corrected chi connectivity index (χ3v) is 6.76. The summed E-state index contributed by atoms with van der Waals surface area (Å²) >= 11 is 0. The predicted octanol–water partition coefficient (Wildman–Crippen LogP) is 5.68. The van der Waals surface area contributed by atoms with Crippen molar-refractivity contribution in [3.8, 4) is 5.75 Å². The molecule has 32 heavy (non-hydrogen) atoms. The largest absolute Gasteiger partial charge is 0.489 e. The van der Waals surface area contributed by atoms with Crippen LogP contribution in [-0.4, -0.2) is 49.8 Å².